The molecule has 1 aromatic carbocycles. The van der Waals surface area contributed by atoms with E-state index in [0.29, 0.717) is 57.3 Å². The number of hydrogen-bond donors (Lipinski definition) is 0. The van der Waals surface area contributed by atoms with Gasteiger partial charge in [0.05, 0.1) is 13.7 Å². The maximum absolute atomic E-state index is 12.6. The van der Waals surface area contributed by atoms with Crippen LogP contribution in [-0.4, -0.2) is 89.6 Å². The zero-order chi connectivity index (χ0) is 22.2. The number of benzene rings is 1. The smallest absolute Gasteiger partial charge is 0.236 e. The first-order valence-corrected chi connectivity index (χ1v) is 10.8. The lowest BCUT2D eigenvalue weighted by atomic mass is 10.2. The van der Waals surface area contributed by atoms with Crippen molar-refractivity contribution in [1.82, 2.24) is 24.8 Å². The molecule has 0 atom stereocenters. The summed E-state index contributed by atoms with van der Waals surface area (Å²) in [4.78, 5) is 35.0. The molecule has 0 aliphatic carbocycles. The molecule has 0 spiro atoms. The number of carbonyl (C=O) groups is 2. The predicted molar refractivity (Wildman–Crippen MR) is 116 cm³/mol. The summed E-state index contributed by atoms with van der Waals surface area (Å²) in [5, 5.41) is 4.00. The third-order valence-corrected chi connectivity index (χ3v) is 5.57. The molecule has 31 heavy (non-hydrogen) atoms. The lowest BCUT2D eigenvalue weighted by Gasteiger charge is -2.35. The minimum Gasteiger partial charge on any atom is -0.497 e. The number of carbonyl (C=O) groups excluding carboxylic acids is 2. The summed E-state index contributed by atoms with van der Waals surface area (Å²) in [7, 11) is 1.62. The molecular formula is C22H31N5O4. The van der Waals surface area contributed by atoms with Gasteiger partial charge in [-0.1, -0.05) is 5.16 Å². The third kappa shape index (κ3) is 6.04. The van der Waals surface area contributed by atoms with E-state index in [1.54, 1.807) is 7.11 Å². The molecule has 0 unspecified atom stereocenters. The number of hydrogen-bond acceptors (Lipinski definition) is 7. The maximum atomic E-state index is 12.6. The van der Waals surface area contributed by atoms with Crippen molar-refractivity contribution in [2.45, 2.75) is 26.7 Å². The number of aryl methyl sites for hydroxylation is 1. The van der Waals surface area contributed by atoms with Gasteiger partial charge in [-0.3, -0.25) is 14.5 Å². The molecule has 0 radical (unpaired) electrons. The summed E-state index contributed by atoms with van der Waals surface area (Å²) in [6, 6.07) is 7.40. The van der Waals surface area contributed by atoms with Crippen molar-refractivity contribution in [3.8, 4) is 17.1 Å². The SMILES string of the molecule is CCN(CC)C(=O)CN1CCN(C(=O)CCc2nc(-c3ccc(OC)cc3)no2)CC1. The van der Waals surface area contributed by atoms with Crippen molar-refractivity contribution in [1.29, 1.82) is 0 Å². The molecule has 3 rings (SSSR count). The number of likely N-dealkylation sites (N-methyl/N-ethyl adjacent to an activating group) is 1. The number of methoxy groups -OCH3 is 1. The molecule has 1 aliphatic heterocycles. The van der Waals surface area contributed by atoms with Crippen LogP contribution in [0.2, 0.25) is 0 Å². The number of piperazine rings is 1. The zero-order valence-electron chi connectivity index (χ0n) is 18.5. The standard InChI is InChI=1S/C22H31N5O4/c1-4-26(5-2)21(29)16-25-12-14-27(15-13-25)20(28)11-10-19-23-22(24-31-19)17-6-8-18(30-3)9-7-17/h6-9H,4-5,10-16H2,1-3H3. The Morgan fingerprint density at radius 2 is 1.77 bits per heavy atom. The number of rotatable bonds is 9. The van der Waals surface area contributed by atoms with Gasteiger partial charge in [0.1, 0.15) is 5.75 Å². The second kappa shape index (κ2) is 10.9. The molecule has 9 heteroatoms. The van der Waals surface area contributed by atoms with E-state index in [2.05, 4.69) is 15.0 Å². The van der Waals surface area contributed by atoms with Gasteiger partial charge in [-0.05, 0) is 38.1 Å². The van der Waals surface area contributed by atoms with Crippen molar-refractivity contribution in [3.63, 3.8) is 0 Å². The molecule has 0 bridgehead atoms. The minimum atomic E-state index is 0.0684. The minimum absolute atomic E-state index is 0.0684. The van der Waals surface area contributed by atoms with Crippen LogP contribution in [0.15, 0.2) is 28.8 Å². The number of amides is 2. The summed E-state index contributed by atoms with van der Waals surface area (Å²) in [5.74, 6) is 1.92. The first-order valence-electron chi connectivity index (χ1n) is 10.8. The van der Waals surface area contributed by atoms with E-state index in [9.17, 15) is 9.59 Å². The Kier molecular flexibility index (Phi) is 8.00. The number of ether oxygens (including phenoxy) is 1. The highest BCUT2D eigenvalue weighted by molar-refractivity contribution is 5.78. The molecule has 168 valence electrons. The molecule has 9 nitrogen and oxygen atoms in total. The van der Waals surface area contributed by atoms with Gasteiger partial charge in [0.25, 0.3) is 0 Å². The fraction of sp³-hybridized carbons (Fsp3) is 0.545. The maximum Gasteiger partial charge on any atom is 0.236 e. The molecular weight excluding hydrogens is 398 g/mol. The molecule has 1 aromatic heterocycles. The highest BCUT2D eigenvalue weighted by Crippen LogP contribution is 2.20. The van der Waals surface area contributed by atoms with E-state index in [-0.39, 0.29) is 11.8 Å². The molecule has 1 saturated heterocycles. The van der Waals surface area contributed by atoms with Crippen LogP contribution in [0.4, 0.5) is 0 Å². The zero-order valence-corrected chi connectivity index (χ0v) is 18.5. The van der Waals surface area contributed by atoms with Crippen LogP contribution >= 0.6 is 0 Å². The normalized spacial score (nSPS) is 14.5. The van der Waals surface area contributed by atoms with Gasteiger partial charge in [0.15, 0.2) is 0 Å². The van der Waals surface area contributed by atoms with Gasteiger partial charge >= 0.3 is 0 Å². The van der Waals surface area contributed by atoms with Gasteiger partial charge < -0.3 is 19.1 Å². The van der Waals surface area contributed by atoms with Gasteiger partial charge in [-0.2, -0.15) is 4.98 Å². The fourth-order valence-corrected chi connectivity index (χ4v) is 3.61. The van der Waals surface area contributed by atoms with Gasteiger partial charge in [-0.15, -0.1) is 0 Å². The van der Waals surface area contributed by atoms with Crippen LogP contribution < -0.4 is 4.74 Å². The van der Waals surface area contributed by atoms with E-state index in [1.165, 1.54) is 0 Å². The average Bonchev–Trinajstić information content (AvgIpc) is 3.28. The fourth-order valence-electron chi connectivity index (χ4n) is 3.61. The van der Waals surface area contributed by atoms with Crippen molar-refractivity contribution >= 4 is 11.8 Å². The summed E-state index contributed by atoms with van der Waals surface area (Å²) in [6.45, 7) is 8.52. The van der Waals surface area contributed by atoms with E-state index in [0.717, 1.165) is 24.4 Å². The van der Waals surface area contributed by atoms with Crippen molar-refractivity contribution in [2.24, 2.45) is 0 Å². The topological polar surface area (TPSA) is 92.0 Å². The molecule has 1 aliphatic rings. The monoisotopic (exact) mass is 429 g/mol. The molecule has 2 aromatic rings. The Balaban J connectivity index is 1.43. The Morgan fingerprint density at radius 1 is 1.10 bits per heavy atom. The first kappa shape index (κ1) is 22.7. The van der Waals surface area contributed by atoms with E-state index >= 15 is 0 Å². The summed E-state index contributed by atoms with van der Waals surface area (Å²) in [5.41, 5.74) is 0.831. The first-order chi connectivity index (χ1) is 15.0. The summed E-state index contributed by atoms with van der Waals surface area (Å²) < 4.78 is 10.5. The Bertz CT molecular complexity index is 855. The molecule has 2 heterocycles. The van der Waals surface area contributed by atoms with E-state index in [1.807, 2.05) is 47.9 Å². The van der Waals surface area contributed by atoms with Gasteiger partial charge in [-0.25, -0.2) is 0 Å². The van der Waals surface area contributed by atoms with Crippen LogP contribution in [0, 0.1) is 0 Å². The second-order valence-electron chi connectivity index (χ2n) is 7.46. The second-order valence-corrected chi connectivity index (χ2v) is 7.46. The summed E-state index contributed by atoms with van der Waals surface area (Å²) in [6.07, 6.45) is 0.727. The van der Waals surface area contributed by atoms with Crippen molar-refractivity contribution in [2.75, 3.05) is 52.9 Å². The largest absolute Gasteiger partial charge is 0.497 e. The molecule has 0 N–H and O–H groups in total. The lowest BCUT2D eigenvalue weighted by molar-refractivity contribution is -0.135. The Hall–Kier alpha value is -2.94. The van der Waals surface area contributed by atoms with Crippen LogP contribution in [0.25, 0.3) is 11.4 Å². The van der Waals surface area contributed by atoms with Crippen LogP contribution in [-0.2, 0) is 16.0 Å². The lowest BCUT2D eigenvalue weighted by Crippen LogP contribution is -2.51. The van der Waals surface area contributed by atoms with Crippen LogP contribution in [0.5, 0.6) is 5.75 Å². The van der Waals surface area contributed by atoms with Crippen LogP contribution in [0.1, 0.15) is 26.2 Å². The predicted octanol–water partition coefficient (Wildman–Crippen LogP) is 1.69. The van der Waals surface area contributed by atoms with E-state index in [4.69, 9.17) is 9.26 Å². The quantitative estimate of drug-likeness (QED) is 0.599. The van der Waals surface area contributed by atoms with Crippen LogP contribution in [0.3, 0.4) is 0 Å². The average molecular weight is 430 g/mol. The summed E-state index contributed by atoms with van der Waals surface area (Å²) >= 11 is 0. The highest BCUT2D eigenvalue weighted by Gasteiger charge is 2.24. The number of nitrogens with zero attached hydrogens (tertiary/aromatic N) is 5. The van der Waals surface area contributed by atoms with Gasteiger partial charge in [0.2, 0.25) is 23.5 Å². The highest BCUT2D eigenvalue weighted by atomic mass is 16.5. The molecule has 0 saturated carbocycles. The number of aromatic nitrogens is 2. The molecule has 2 amide bonds. The Labute approximate surface area is 182 Å². The molecule has 1 fully saturated rings. The van der Waals surface area contributed by atoms with Crippen molar-refractivity contribution in [3.05, 3.63) is 30.2 Å². The van der Waals surface area contributed by atoms with Gasteiger partial charge in [0, 0.05) is 57.7 Å². The van der Waals surface area contributed by atoms with E-state index < -0.39 is 0 Å². The third-order valence-electron chi connectivity index (χ3n) is 5.57. The van der Waals surface area contributed by atoms with Crippen molar-refractivity contribution < 1.29 is 18.8 Å². The Morgan fingerprint density at radius 3 is 2.39 bits per heavy atom.